The number of likely N-dealkylation sites (tertiary alicyclic amines) is 1. The monoisotopic (exact) mass is 334 g/mol. The molecule has 126 valence electrons. The lowest BCUT2D eigenvalue weighted by Gasteiger charge is -2.50. The van der Waals surface area contributed by atoms with E-state index >= 15 is 0 Å². The fraction of sp³-hybridized carbons (Fsp3) is 0.667. The highest BCUT2D eigenvalue weighted by molar-refractivity contribution is 6.34. The molecule has 2 aromatic heterocycles. The van der Waals surface area contributed by atoms with Crippen molar-refractivity contribution >= 4 is 22.5 Å². The van der Waals surface area contributed by atoms with E-state index in [2.05, 4.69) is 21.5 Å². The van der Waals surface area contributed by atoms with Crippen molar-refractivity contribution in [2.24, 2.45) is 5.92 Å². The summed E-state index contributed by atoms with van der Waals surface area (Å²) in [5.74, 6) is 0.932. The Morgan fingerprint density at radius 2 is 1.91 bits per heavy atom. The number of fused-ring (bicyclic) bond motifs is 1. The molecule has 2 aromatic rings. The molecule has 5 heteroatoms. The number of pyridine rings is 1. The molecule has 0 aromatic carbocycles. The molecule has 0 radical (unpaired) electrons. The summed E-state index contributed by atoms with van der Waals surface area (Å²) >= 11 is 6.21. The molecule has 1 aliphatic carbocycles. The number of aromatic nitrogens is 3. The Balaban J connectivity index is 0.000000753. The molecular weight excluding hydrogens is 308 g/mol. The lowest BCUT2D eigenvalue weighted by molar-refractivity contribution is -0.00797. The Kier molecular flexibility index (Phi) is 4.93. The summed E-state index contributed by atoms with van der Waals surface area (Å²) in [7, 11) is 0. The molecular formula is C18H27ClN4. The third kappa shape index (κ3) is 2.87. The Morgan fingerprint density at radius 3 is 2.57 bits per heavy atom. The summed E-state index contributed by atoms with van der Waals surface area (Å²) < 4.78 is 2.17. The molecule has 2 aliphatic rings. The molecule has 2 fully saturated rings. The number of rotatable bonds is 3. The van der Waals surface area contributed by atoms with Gasteiger partial charge in [0.2, 0.25) is 0 Å². The minimum atomic E-state index is 0.519. The van der Waals surface area contributed by atoms with Crippen LogP contribution in [0.3, 0.4) is 0 Å². The van der Waals surface area contributed by atoms with Crippen LogP contribution < -0.4 is 0 Å². The first-order valence-electron chi connectivity index (χ1n) is 8.90. The van der Waals surface area contributed by atoms with Crippen LogP contribution in [0.15, 0.2) is 12.3 Å². The van der Waals surface area contributed by atoms with Crippen molar-refractivity contribution in [1.82, 2.24) is 19.7 Å². The van der Waals surface area contributed by atoms with Crippen LogP contribution in [0.5, 0.6) is 0 Å². The van der Waals surface area contributed by atoms with Gasteiger partial charge in [0.05, 0.1) is 22.6 Å². The van der Waals surface area contributed by atoms with Crippen molar-refractivity contribution in [2.75, 3.05) is 13.1 Å². The second kappa shape index (κ2) is 6.78. The van der Waals surface area contributed by atoms with Gasteiger partial charge < -0.3 is 0 Å². The maximum Gasteiger partial charge on any atom is 0.140 e. The van der Waals surface area contributed by atoms with E-state index in [1.165, 1.54) is 32.4 Å². The predicted molar refractivity (Wildman–Crippen MR) is 96.0 cm³/mol. The molecule has 0 N–H and O–H groups in total. The van der Waals surface area contributed by atoms with Crippen LogP contribution >= 0.6 is 11.6 Å². The van der Waals surface area contributed by atoms with Gasteiger partial charge in [0.25, 0.3) is 0 Å². The summed E-state index contributed by atoms with van der Waals surface area (Å²) in [5.41, 5.74) is 2.12. The highest BCUT2D eigenvalue weighted by Crippen LogP contribution is 2.41. The number of halogens is 1. The zero-order valence-electron chi connectivity index (χ0n) is 14.6. The highest BCUT2D eigenvalue weighted by Gasteiger charge is 2.40. The molecule has 1 saturated heterocycles. The zero-order valence-corrected chi connectivity index (χ0v) is 15.3. The lowest BCUT2D eigenvalue weighted by atomic mass is 9.81. The SMILES string of the molecule is CC.CCC1CN(C2CC(n3nc(C)c4c(Cl)nccc43)C2)C1. The van der Waals surface area contributed by atoms with E-state index in [1.54, 1.807) is 6.20 Å². The number of aryl methyl sites for hydroxylation is 1. The van der Waals surface area contributed by atoms with Gasteiger partial charge in [0.1, 0.15) is 5.15 Å². The summed E-state index contributed by atoms with van der Waals surface area (Å²) in [6.45, 7) is 10.9. The molecule has 4 rings (SSSR count). The molecule has 4 nitrogen and oxygen atoms in total. The van der Waals surface area contributed by atoms with Crippen molar-refractivity contribution in [2.45, 2.75) is 59.0 Å². The summed E-state index contributed by atoms with van der Waals surface area (Å²) in [5, 5.41) is 6.30. The van der Waals surface area contributed by atoms with Crippen LogP contribution in [-0.4, -0.2) is 38.8 Å². The molecule has 0 spiro atoms. The van der Waals surface area contributed by atoms with Crippen molar-refractivity contribution in [3.63, 3.8) is 0 Å². The molecule has 1 saturated carbocycles. The highest BCUT2D eigenvalue weighted by atomic mass is 35.5. The Labute approximate surface area is 143 Å². The number of hydrogen-bond donors (Lipinski definition) is 0. The second-order valence-electron chi connectivity index (χ2n) is 6.53. The third-order valence-electron chi connectivity index (χ3n) is 5.26. The van der Waals surface area contributed by atoms with Crippen LogP contribution in [0.2, 0.25) is 5.15 Å². The van der Waals surface area contributed by atoms with Crippen LogP contribution in [0, 0.1) is 12.8 Å². The minimum absolute atomic E-state index is 0.519. The molecule has 23 heavy (non-hydrogen) atoms. The van der Waals surface area contributed by atoms with E-state index in [4.69, 9.17) is 16.7 Å². The Bertz CT molecular complexity index is 669. The van der Waals surface area contributed by atoms with Gasteiger partial charge in [-0.3, -0.25) is 9.58 Å². The van der Waals surface area contributed by atoms with Crippen LogP contribution in [0.4, 0.5) is 0 Å². The zero-order chi connectivity index (χ0) is 16.6. The quantitative estimate of drug-likeness (QED) is 0.777. The predicted octanol–water partition coefficient (Wildman–Crippen LogP) is 4.46. The molecule has 0 unspecified atom stereocenters. The van der Waals surface area contributed by atoms with Gasteiger partial charge in [-0.2, -0.15) is 5.10 Å². The Hall–Kier alpha value is -1.13. The van der Waals surface area contributed by atoms with E-state index in [-0.39, 0.29) is 0 Å². The summed E-state index contributed by atoms with van der Waals surface area (Å²) in [4.78, 5) is 6.81. The largest absolute Gasteiger partial charge is 0.300 e. The first kappa shape index (κ1) is 16.7. The topological polar surface area (TPSA) is 34.0 Å². The van der Waals surface area contributed by atoms with Gasteiger partial charge in [-0.15, -0.1) is 0 Å². The lowest BCUT2D eigenvalue weighted by Crippen LogP contribution is -2.56. The molecule has 0 atom stereocenters. The summed E-state index contributed by atoms with van der Waals surface area (Å²) in [6.07, 6.45) is 5.53. The standard InChI is InChI=1S/C16H21ClN4.C2H6/c1-3-11-8-20(9-11)12-6-13(7-12)21-14-4-5-18-16(17)15(14)10(2)19-21;1-2/h4-5,11-13H,3,6-9H2,1-2H3;1-2H3. The van der Waals surface area contributed by atoms with Gasteiger partial charge in [-0.05, 0) is 31.7 Å². The fourth-order valence-electron chi connectivity index (χ4n) is 3.72. The van der Waals surface area contributed by atoms with Gasteiger partial charge in [0, 0.05) is 25.3 Å². The first-order valence-corrected chi connectivity index (χ1v) is 9.28. The van der Waals surface area contributed by atoms with Gasteiger partial charge in [-0.1, -0.05) is 38.8 Å². The van der Waals surface area contributed by atoms with Crippen molar-refractivity contribution in [3.8, 4) is 0 Å². The molecule has 3 heterocycles. The molecule has 0 bridgehead atoms. The minimum Gasteiger partial charge on any atom is -0.300 e. The maximum atomic E-state index is 6.21. The number of nitrogens with zero attached hydrogens (tertiary/aromatic N) is 4. The molecule has 1 aliphatic heterocycles. The van der Waals surface area contributed by atoms with E-state index in [0.717, 1.165) is 28.6 Å². The van der Waals surface area contributed by atoms with E-state index in [1.807, 2.05) is 26.8 Å². The fourth-order valence-corrected chi connectivity index (χ4v) is 4.01. The molecule has 0 amide bonds. The second-order valence-corrected chi connectivity index (χ2v) is 6.89. The van der Waals surface area contributed by atoms with E-state index in [9.17, 15) is 0 Å². The van der Waals surface area contributed by atoms with E-state index in [0.29, 0.717) is 11.2 Å². The van der Waals surface area contributed by atoms with Crippen LogP contribution in [0.25, 0.3) is 10.9 Å². The van der Waals surface area contributed by atoms with Gasteiger partial charge in [0.15, 0.2) is 0 Å². The Morgan fingerprint density at radius 1 is 1.22 bits per heavy atom. The number of hydrogen-bond acceptors (Lipinski definition) is 3. The van der Waals surface area contributed by atoms with Crippen molar-refractivity contribution in [1.29, 1.82) is 0 Å². The van der Waals surface area contributed by atoms with Crippen molar-refractivity contribution < 1.29 is 0 Å². The van der Waals surface area contributed by atoms with Gasteiger partial charge >= 0.3 is 0 Å². The van der Waals surface area contributed by atoms with Gasteiger partial charge in [-0.25, -0.2) is 4.98 Å². The van der Waals surface area contributed by atoms with Crippen LogP contribution in [-0.2, 0) is 0 Å². The average molecular weight is 335 g/mol. The normalized spacial score (nSPS) is 24.7. The van der Waals surface area contributed by atoms with E-state index < -0.39 is 0 Å². The van der Waals surface area contributed by atoms with Crippen LogP contribution in [0.1, 0.15) is 51.8 Å². The third-order valence-corrected chi connectivity index (χ3v) is 5.55. The first-order chi connectivity index (χ1) is 11.2. The smallest absolute Gasteiger partial charge is 0.140 e. The van der Waals surface area contributed by atoms with Crippen molar-refractivity contribution in [3.05, 3.63) is 23.1 Å². The maximum absolute atomic E-state index is 6.21. The average Bonchev–Trinajstić information content (AvgIpc) is 2.80. The summed E-state index contributed by atoms with van der Waals surface area (Å²) in [6, 6.07) is 3.31.